The average Bonchev–Trinajstić information content (AvgIpc) is 2.22. The molecule has 16 heavy (non-hydrogen) atoms. The van der Waals surface area contributed by atoms with E-state index < -0.39 is 23.3 Å². The van der Waals surface area contributed by atoms with Crippen LogP contribution in [0.4, 0.5) is 0 Å². The molecular weight excluding hydrogens is 216 g/mol. The molecule has 0 bridgehead atoms. The van der Waals surface area contributed by atoms with E-state index in [9.17, 15) is 14.4 Å². The second-order valence-electron chi connectivity index (χ2n) is 3.46. The predicted molar refractivity (Wildman–Crippen MR) is 53.9 cm³/mol. The number of ether oxygens (including phenoxy) is 1. The van der Waals surface area contributed by atoms with Crippen molar-refractivity contribution in [2.45, 2.75) is 32.6 Å². The Morgan fingerprint density at radius 3 is 1.94 bits per heavy atom. The summed E-state index contributed by atoms with van der Waals surface area (Å²) in [5.41, 5.74) is -2.47. The first-order valence-electron chi connectivity index (χ1n) is 4.98. The second-order valence-corrected chi connectivity index (χ2v) is 3.46. The van der Waals surface area contributed by atoms with Gasteiger partial charge in [0.1, 0.15) is 0 Å². The SMILES string of the molecule is CCCCCC(C(=O)O)(C(=O)O)C(=O)OC. The van der Waals surface area contributed by atoms with Crippen LogP contribution in [0.5, 0.6) is 0 Å². The van der Waals surface area contributed by atoms with Crippen LogP contribution in [0.1, 0.15) is 32.6 Å². The topological polar surface area (TPSA) is 101 Å². The van der Waals surface area contributed by atoms with Crippen LogP contribution in [0.2, 0.25) is 0 Å². The van der Waals surface area contributed by atoms with Gasteiger partial charge in [-0.3, -0.25) is 14.4 Å². The molecule has 0 heterocycles. The molecule has 6 nitrogen and oxygen atoms in total. The molecule has 0 aliphatic carbocycles. The number of unbranched alkanes of at least 4 members (excludes halogenated alkanes) is 2. The lowest BCUT2D eigenvalue weighted by Gasteiger charge is -2.21. The van der Waals surface area contributed by atoms with Gasteiger partial charge in [0.05, 0.1) is 7.11 Å². The molecule has 0 saturated carbocycles. The maximum Gasteiger partial charge on any atom is 0.334 e. The first-order chi connectivity index (χ1) is 7.43. The number of aliphatic carboxylic acids is 2. The lowest BCUT2D eigenvalue weighted by atomic mass is 9.82. The zero-order valence-corrected chi connectivity index (χ0v) is 9.36. The number of hydrogen-bond acceptors (Lipinski definition) is 4. The van der Waals surface area contributed by atoms with Crippen LogP contribution in [0, 0.1) is 5.41 Å². The number of carbonyl (C=O) groups is 3. The van der Waals surface area contributed by atoms with Crippen LogP contribution in [0.15, 0.2) is 0 Å². The standard InChI is InChI=1S/C10H16O6/c1-3-4-5-6-10(7(11)12,8(13)14)9(15)16-2/h3-6H2,1-2H3,(H,11,12)(H,13,14). The van der Waals surface area contributed by atoms with Crippen molar-refractivity contribution in [2.24, 2.45) is 5.41 Å². The van der Waals surface area contributed by atoms with Gasteiger partial charge in [0.15, 0.2) is 0 Å². The zero-order chi connectivity index (χ0) is 12.8. The van der Waals surface area contributed by atoms with Crippen LogP contribution in [-0.2, 0) is 19.1 Å². The maximum atomic E-state index is 11.3. The van der Waals surface area contributed by atoms with E-state index in [1.165, 1.54) is 0 Å². The number of hydrogen-bond donors (Lipinski definition) is 2. The van der Waals surface area contributed by atoms with E-state index in [1.807, 2.05) is 6.92 Å². The Labute approximate surface area is 93.2 Å². The van der Waals surface area contributed by atoms with Crippen molar-refractivity contribution in [1.82, 2.24) is 0 Å². The Morgan fingerprint density at radius 2 is 1.62 bits per heavy atom. The minimum atomic E-state index is -2.47. The van der Waals surface area contributed by atoms with Crippen molar-refractivity contribution in [3.8, 4) is 0 Å². The Hall–Kier alpha value is -1.59. The summed E-state index contributed by atoms with van der Waals surface area (Å²) in [7, 11) is 0.975. The van der Waals surface area contributed by atoms with Crippen molar-refractivity contribution in [2.75, 3.05) is 7.11 Å². The molecule has 0 spiro atoms. The van der Waals surface area contributed by atoms with Gasteiger partial charge in [-0.15, -0.1) is 0 Å². The molecule has 2 N–H and O–H groups in total. The number of carbonyl (C=O) groups excluding carboxylic acids is 1. The number of methoxy groups -OCH3 is 1. The quantitative estimate of drug-likeness (QED) is 0.384. The fraction of sp³-hybridized carbons (Fsp3) is 0.700. The summed E-state index contributed by atoms with van der Waals surface area (Å²) >= 11 is 0. The first-order valence-corrected chi connectivity index (χ1v) is 4.98. The van der Waals surface area contributed by atoms with Gasteiger partial charge in [0, 0.05) is 0 Å². The van der Waals surface area contributed by atoms with Crippen molar-refractivity contribution < 1.29 is 29.3 Å². The minimum Gasteiger partial charge on any atom is -0.480 e. The van der Waals surface area contributed by atoms with Crippen molar-refractivity contribution in [1.29, 1.82) is 0 Å². The molecule has 0 aromatic carbocycles. The van der Waals surface area contributed by atoms with E-state index in [0.29, 0.717) is 12.8 Å². The molecule has 0 fully saturated rings. The minimum absolute atomic E-state index is 0.252. The highest BCUT2D eigenvalue weighted by atomic mass is 16.5. The lowest BCUT2D eigenvalue weighted by Crippen LogP contribution is -2.47. The Balaban J connectivity index is 5.03. The highest BCUT2D eigenvalue weighted by Crippen LogP contribution is 2.28. The first kappa shape index (κ1) is 14.4. The van der Waals surface area contributed by atoms with Crippen LogP contribution in [0.25, 0.3) is 0 Å². The summed E-state index contributed by atoms with van der Waals surface area (Å²) in [6, 6.07) is 0. The van der Waals surface area contributed by atoms with E-state index in [2.05, 4.69) is 4.74 Å². The van der Waals surface area contributed by atoms with Crippen molar-refractivity contribution in [3.63, 3.8) is 0 Å². The van der Waals surface area contributed by atoms with Crippen LogP contribution >= 0.6 is 0 Å². The molecule has 0 aliphatic heterocycles. The monoisotopic (exact) mass is 232 g/mol. The molecule has 0 amide bonds. The third-order valence-electron chi connectivity index (χ3n) is 2.42. The van der Waals surface area contributed by atoms with Crippen LogP contribution in [0.3, 0.4) is 0 Å². The largest absolute Gasteiger partial charge is 0.480 e. The molecule has 6 heteroatoms. The Morgan fingerprint density at radius 1 is 1.12 bits per heavy atom. The molecule has 0 rings (SSSR count). The maximum absolute atomic E-state index is 11.3. The number of carboxylic acid groups (broad SMARTS) is 2. The van der Waals surface area contributed by atoms with Gasteiger partial charge in [-0.05, 0) is 6.42 Å². The Bertz CT molecular complexity index is 269. The molecule has 0 aliphatic rings. The van der Waals surface area contributed by atoms with Gasteiger partial charge in [-0.25, -0.2) is 0 Å². The molecule has 0 atom stereocenters. The average molecular weight is 232 g/mol. The summed E-state index contributed by atoms with van der Waals surface area (Å²) in [6.45, 7) is 1.89. The highest BCUT2D eigenvalue weighted by molar-refractivity contribution is 6.16. The van der Waals surface area contributed by atoms with Crippen LogP contribution < -0.4 is 0 Å². The number of rotatable bonds is 7. The van der Waals surface area contributed by atoms with E-state index in [-0.39, 0.29) is 6.42 Å². The zero-order valence-electron chi connectivity index (χ0n) is 9.36. The molecular formula is C10H16O6. The smallest absolute Gasteiger partial charge is 0.334 e. The molecule has 0 aromatic heterocycles. The van der Waals surface area contributed by atoms with Crippen molar-refractivity contribution >= 4 is 17.9 Å². The summed E-state index contributed by atoms with van der Waals surface area (Å²) < 4.78 is 4.27. The third-order valence-corrected chi connectivity index (χ3v) is 2.42. The van der Waals surface area contributed by atoms with Gasteiger partial charge in [-0.1, -0.05) is 26.2 Å². The Kier molecular flexibility index (Phi) is 5.49. The molecule has 92 valence electrons. The molecule has 0 aromatic rings. The van der Waals surface area contributed by atoms with Gasteiger partial charge < -0.3 is 14.9 Å². The molecule has 0 unspecified atom stereocenters. The summed E-state index contributed by atoms with van der Waals surface area (Å²) in [4.78, 5) is 33.3. The fourth-order valence-corrected chi connectivity index (χ4v) is 1.40. The molecule has 0 saturated heterocycles. The second kappa shape index (κ2) is 6.09. The third kappa shape index (κ3) is 2.71. The van der Waals surface area contributed by atoms with Gasteiger partial charge in [0.25, 0.3) is 5.41 Å². The summed E-state index contributed by atoms with van der Waals surface area (Å²) in [5, 5.41) is 17.8. The van der Waals surface area contributed by atoms with Gasteiger partial charge in [-0.2, -0.15) is 0 Å². The van der Waals surface area contributed by atoms with E-state index in [1.54, 1.807) is 0 Å². The summed E-state index contributed by atoms with van der Waals surface area (Å²) in [5.74, 6) is -4.59. The van der Waals surface area contributed by atoms with Gasteiger partial charge >= 0.3 is 17.9 Å². The van der Waals surface area contributed by atoms with Crippen LogP contribution in [-0.4, -0.2) is 35.2 Å². The van der Waals surface area contributed by atoms with Gasteiger partial charge in [0.2, 0.25) is 0 Å². The van der Waals surface area contributed by atoms with E-state index in [4.69, 9.17) is 10.2 Å². The normalized spacial score (nSPS) is 10.9. The van der Waals surface area contributed by atoms with Crippen molar-refractivity contribution in [3.05, 3.63) is 0 Å². The number of esters is 1. The lowest BCUT2D eigenvalue weighted by molar-refractivity contribution is -0.178. The predicted octanol–water partition coefficient (Wildman–Crippen LogP) is 0.895. The number of carboxylic acids is 2. The summed E-state index contributed by atoms with van der Waals surface area (Å²) in [6.07, 6.45) is 1.57. The fourth-order valence-electron chi connectivity index (χ4n) is 1.40. The molecule has 0 radical (unpaired) electrons. The van der Waals surface area contributed by atoms with E-state index in [0.717, 1.165) is 13.5 Å². The van der Waals surface area contributed by atoms with E-state index >= 15 is 0 Å². The highest BCUT2D eigenvalue weighted by Gasteiger charge is 2.54.